The topological polar surface area (TPSA) is 57.3 Å². The van der Waals surface area contributed by atoms with Gasteiger partial charge in [0.25, 0.3) is 0 Å². The molecule has 0 saturated heterocycles. The van der Waals surface area contributed by atoms with Gasteiger partial charge in [0.2, 0.25) is 0 Å². The fourth-order valence-electron chi connectivity index (χ4n) is 2.79. The van der Waals surface area contributed by atoms with E-state index in [0.717, 1.165) is 35.9 Å². The number of fused-ring (bicyclic) bond motifs is 1. The van der Waals surface area contributed by atoms with E-state index < -0.39 is 0 Å². The highest BCUT2D eigenvalue weighted by atomic mass is 32.1. The molecule has 0 atom stereocenters. The van der Waals surface area contributed by atoms with Gasteiger partial charge in [0.1, 0.15) is 0 Å². The Kier molecular flexibility index (Phi) is 5.25. The molecule has 0 unspecified atom stereocenters. The van der Waals surface area contributed by atoms with Gasteiger partial charge >= 0.3 is 6.03 Å². The molecule has 2 heterocycles. The number of hydrogen-bond acceptors (Lipinski definition) is 4. The predicted molar refractivity (Wildman–Crippen MR) is 92.5 cm³/mol. The van der Waals surface area contributed by atoms with Crippen LogP contribution in [-0.4, -0.2) is 35.5 Å². The first-order valence-electron chi connectivity index (χ1n) is 7.93. The molecule has 6 heteroatoms. The summed E-state index contributed by atoms with van der Waals surface area (Å²) in [5.74, 6) is 0. The second-order valence-electron chi connectivity index (χ2n) is 5.75. The number of benzene rings is 1. The lowest BCUT2D eigenvalue weighted by Crippen LogP contribution is -2.41. The van der Waals surface area contributed by atoms with Gasteiger partial charge in [0.05, 0.1) is 11.6 Å². The Bertz CT molecular complexity index is 670. The van der Waals surface area contributed by atoms with E-state index in [0.29, 0.717) is 13.1 Å². The SMILES string of the molecule is Cc1ncc(CNC(=O)NCCN2CCc3ccccc3C2)s1. The summed E-state index contributed by atoms with van der Waals surface area (Å²) in [5.41, 5.74) is 2.86. The third kappa shape index (κ3) is 4.53. The molecule has 23 heavy (non-hydrogen) atoms. The van der Waals surface area contributed by atoms with Crippen LogP contribution in [0.15, 0.2) is 30.5 Å². The Labute approximate surface area is 140 Å². The lowest BCUT2D eigenvalue weighted by Gasteiger charge is -2.28. The molecule has 1 aliphatic rings. The molecule has 2 N–H and O–H groups in total. The molecular weight excluding hydrogens is 308 g/mol. The van der Waals surface area contributed by atoms with E-state index in [1.807, 2.05) is 13.1 Å². The van der Waals surface area contributed by atoms with E-state index in [9.17, 15) is 4.79 Å². The summed E-state index contributed by atoms with van der Waals surface area (Å²) in [6, 6.07) is 8.48. The van der Waals surface area contributed by atoms with Crippen LogP contribution < -0.4 is 10.6 Å². The molecule has 0 radical (unpaired) electrons. The molecule has 0 fully saturated rings. The quantitative estimate of drug-likeness (QED) is 0.884. The van der Waals surface area contributed by atoms with Gasteiger partial charge in [-0.25, -0.2) is 9.78 Å². The fourth-order valence-corrected chi connectivity index (χ4v) is 3.52. The number of urea groups is 1. The number of aromatic nitrogens is 1. The van der Waals surface area contributed by atoms with Gasteiger partial charge < -0.3 is 10.6 Å². The molecule has 1 aromatic heterocycles. The van der Waals surface area contributed by atoms with Crippen LogP contribution in [0.2, 0.25) is 0 Å². The first-order chi connectivity index (χ1) is 11.2. The third-order valence-corrected chi connectivity index (χ3v) is 4.93. The second kappa shape index (κ2) is 7.57. The molecular formula is C17H22N4OS. The Balaban J connectivity index is 1.36. The molecule has 1 aromatic carbocycles. The summed E-state index contributed by atoms with van der Waals surface area (Å²) in [6.07, 6.45) is 2.90. The van der Waals surface area contributed by atoms with Crippen LogP contribution in [0.1, 0.15) is 21.0 Å². The van der Waals surface area contributed by atoms with E-state index in [1.54, 1.807) is 11.3 Å². The molecule has 0 saturated carbocycles. The first kappa shape index (κ1) is 16.0. The smallest absolute Gasteiger partial charge is 0.315 e. The van der Waals surface area contributed by atoms with Crippen molar-refractivity contribution in [2.45, 2.75) is 26.4 Å². The van der Waals surface area contributed by atoms with E-state index in [4.69, 9.17) is 0 Å². The Morgan fingerprint density at radius 3 is 2.91 bits per heavy atom. The van der Waals surface area contributed by atoms with Crippen molar-refractivity contribution >= 4 is 17.4 Å². The van der Waals surface area contributed by atoms with Crippen LogP contribution in [0.5, 0.6) is 0 Å². The summed E-state index contributed by atoms with van der Waals surface area (Å²) in [5, 5.41) is 6.81. The molecule has 122 valence electrons. The number of rotatable bonds is 5. The summed E-state index contributed by atoms with van der Waals surface area (Å²) < 4.78 is 0. The van der Waals surface area contributed by atoms with Crippen LogP contribution in [0.4, 0.5) is 4.79 Å². The summed E-state index contributed by atoms with van der Waals surface area (Å²) in [6.45, 7) is 6.07. The number of nitrogens with one attached hydrogen (secondary N) is 2. The fraction of sp³-hybridized carbons (Fsp3) is 0.412. The predicted octanol–water partition coefficient (Wildman–Crippen LogP) is 2.31. The molecule has 0 spiro atoms. The van der Waals surface area contributed by atoms with Crippen molar-refractivity contribution in [2.75, 3.05) is 19.6 Å². The van der Waals surface area contributed by atoms with Gasteiger partial charge in [0.15, 0.2) is 0 Å². The molecule has 2 amide bonds. The largest absolute Gasteiger partial charge is 0.337 e. The number of aryl methyl sites for hydroxylation is 1. The van der Waals surface area contributed by atoms with E-state index in [2.05, 4.69) is 44.8 Å². The second-order valence-corrected chi connectivity index (χ2v) is 7.07. The molecule has 0 aliphatic carbocycles. The molecule has 2 aromatic rings. The van der Waals surface area contributed by atoms with E-state index in [-0.39, 0.29) is 6.03 Å². The maximum Gasteiger partial charge on any atom is 0.315 e. The Morgan fingerprint density at radius 1 is 1.30 bits per heavy atom. The highest BCUT2D eigenvalue weighted by molar-refractivity contribution is 7.11. The Morgan fingerprint density at radius 2 is 2.13 bits per heavy atom. The average Bonchev–Trinajstić information content (AvgIpc) is 2.98. The monoisotopic (exact) mass is 330 g/mol. The van der Waals surface area contributed by atoms with Crippen molar-refractivity contribution in [3.05, 3.63) is 51.5 Å². The standard InChI is InChI=1S/C17H22N4OS/c1-13-19-10-16(23-13)11-20-17(22)18-7-9-21-8-6-14-4-2-3-5-15(14)12-21/h2-5,10H,6-9,11-12H2,1H3,(H2,18,20,22). The maximum atomic E-state index is 11.8. The number of hydrogen-bond donors (Lipinski definition) is 2. The van der Waals surface area contributed by atoms with Gasteiger partial charge in [-0.05, 0) is 24.5 Å². The van der Waals surface area contributed by atoms with Crippen LogP contribution in [-0.2, 0) is 19.5 Å². The Hall–Kier alpha value is -1.92. The van der Waals surface area contributed by atoms with Crippen molar-refractivity contribution in [1.82, 2.24) is 20.5 Å². The van der Waals surface area contributed by atoms with Crippen molar-refractivity contribution in [3.63, 3.8) is 0 Å². The molecule has 3 rings (SSSR count). The van der Waals surface area contributed by atoms with Gasteiger partial charge in [-0.1, -0.05) is 24.3 Å². The van der Waals surface area contributed by atoms with Gasteiger partial charge in [-0.15, -0.1) is 11.3 Å². The first-order valence-corrected chi connectivity index (χ1v) is 8.74. The summed E-state index contributed by atoms with van der Waals surface area (Å²) in [7, 11) is 0. The highest BCUT2D eigenvalue weighted by Crippen LogP contribution is 2.17. The zero-order chi connectivity index (χ0) is 16.1. The normalized spacial score (nSPS) is 14.3. The van der Waals surface area contributed by atoms with Crippen LogP contribution >= 0.6 is 11.3 Å². The average molecular weight is 330 g/mol. The minimum Gasteiger partial charge on any atom is -0.337 e. The molecule has 0 bridgehead atoms. The number of thiazole rings is 1. The van der Waals surface area contributed by atoms with Gasteiger partial charge in [-0.2, -0.15) is 0 Å². The van der Waals surface area contributed by atoms with Crippen LogP contribution in [0.3, 0.4) is 0 Å². The highest BCUT2D eigenvalue weighted by Gasteiger charge is 2.15. The third-order valence-electron chi connectivity index (χ3n) is 4.02. The van der Waals surface area contributed by atoms with Crippen molar-refractivity contribution in [2.24, 2.45) is 0 Å². The lowest BCUT2D eigenvalue weighted by molar-refractivity contribution is 0.230. The van der Waals surface area contributed by atoms with Crippen LogP contribution in [0, 0.1) is 6.92 Å². The zero-order valence-corrected chi connectivity index (χ0v) is 14.2. The molecule has 1 aliphatic heterocycles. The van der Waals surface area contributed by atoms with Gasteiger partial charge in [0, 0.05) is 37.3 Å². The van der Waals surface area contributed by atoms with Crippen molar-refractivity contribution in [1.29, 1.82) is 0 Å². The minimum absolute atomic E-state index is 0.117. The molecule has 5 nitrogen and oxygen atoms in total. The van der Waals surface area contributed by atoms with Crippen molar-refractivity contribution < 1.29 is 4.79 Å². The minimum atomic E-state index is -0.117. The number of amides is 2. The van der Waals surface area contributed by atoms with E-state index in [1.165, 1.54) is 11.1 Å². The summed E-state index contributed by atoms with van der Waals surface area (Å²) >= 11 is 1.61. The zero-order valence-electron chi connectivity index (χ0n) is 13.3. The van der Waals surface area contributed by atoms with Gasteiger partial charge in [-0.3, -0.25) is 4.90 Å². The number of nitrogens with zero attached hydrogens (tertiary/aromatic N) is 2. The lowest BCUT2D eigenvalue weighted by atomic mass is 10.00. The van der Waals surface area contributed by atoms with Crippen molar-refractivity contribution in [3.8, 4) is 0 Å². The maximum absolute atomic E-state index is 11.8. The van der Waals surface area contributed by atoms with E-state index >= 15 is 0 Å². The number of carbonyl (C=O) groups is 1. The number of carbonyl (C=O) groups excluding carboxylic acids is 1. The van der Waals surface area contributed by atoms with Crippen LogP contribution in [0.25, 0.3) is 0 Å². The summed E-state index contributed by atoms with van der Waals surface area (Å²) in [4.78, 5) is 19.4.